The third kappa shape index (κ3) is 5.62. The van der Waals surface area contributed by atoms with Crippen LogP contribution in [0.2, 0.25) is 0 Å². The van der Waals surface area contributed by atoms with Gasteiger partial charge >= 0.3 is 6.03 Å². The van der Waals surface area contributed by atoms with Crippen molar-refractivity contribution in [3.05, 3.63) is 96.8 Å². The minimum Gasteiger partial charge on any atom is -0.366 e. The van der Waals surface area contributed by atoms with Gasteiger partial charge in [0.1, 0.15) is 6.67 Å². The summed E-state index contributed by atoms with van der Waals surface area (Å²) in [4.78, 5) is 34.0. The molecule has 0 bridgehead atoms. The minimum absolute atomic E-state index is 0.0787. The van der Waals surface area contributed by atoms with Gasteiger partial charge in [-0.3, -0.25) is 19.7 Å². The summed E-state index contributed by atoms with van der Waals surface area (Å²) < 4.78 is 0. The lowest BCUT2D eigenvalue weighted by Gasteiger charge is -2.17. The van der Waals surface area contributed by atoms with Gasteiger partial charge in [0.2, 0.25) is 5.91 Å². The molecule has 1 saturated heterocycles. The average Bonchev–Trinajstić information content (AvgIpc) is 3.31. The predicted molar refractivity (Wildman–Crippen MR) is 143 cm³/mol. The van der Waals surface area contributed by atoms with E-state index in [0.29, 0.717) is 25.4 Å². The first-order valence-corrected chi connectivity index (χ1v) is 11.1. The Morgan fingerprint density at radius 1 is 1.17 bits per heavy atom. The average molecular weight is 467 g/mol. The molecule has 0 spiro atoms. The molecule has 0 aromatic heterocycles. The molecule has 0 atom stereocenters. The molecule has 2 aromatic rings. The molecule has 0 saturated carbocycles. The van der Waals surface area contributed by atoms with Crippen molar-refractivity contribution < 1.29 is 9.59 Å². The van der Waals surface area contributed by atoms with E-state index in [4.69, 9.17) is 4.99 Å². The summed E-state index contributed by atoms with van der Waals surface area (Å²) in [5.41, 5.74) is 5.79. The number of nitrogens with one attached hydrogen (secondary N) is 3. The smallest absolute Gasteiger partial charge is 0.321 e. The zero-order chi connectivity index (χ0) is 24.6. The van der Waals surface area contributed by atoms with Crippen LogP contribution in [0.3, 0.4) is 0 Å². The van der Waals surface area contributed by atoms with Gasteiger partial charge in [-0.2, -0.15) is 0 Å². The Hall–Kier alpha value is -4.72. The van der Waals surface area contributed by atoms with Crippen molar-refractivity contribution in [2.45, 2.75) is 0 Å². The van der Waals surface area contributed by atoms with Crippen LogP contribution in [0.25, 0.3) is 5.57 Å². The number of allylic oxidation sites excluding steroid dienone is 5. The lowest BCUT2D eigenvalue weighted by atomic mass is 9.92. The van der Waals surface area contributed by atoms with E-state index in [1.807, 2.05) is 66.8 Å². The zero-order valence-corrected chi connectivity index (χ0v) is 19.2. The molecule has 2 aliphatic rings. The number of hydrogen-bond acceptors (Lipinski definition) is 5. The second-order valence-electron chi connectivity index (χ2n) is 7.75. The fraction of sp³-hybridized carbons (Fsp3) is 0.111. The fourth-order valence-electron chi connectivity index (χ4n) is 3.82. The van der Waals surface area contributed by atoms with E-state index in [-0.39, 0.29) is 11.9 Å². The molecular formula is C27H26N6O2. The number of anilines is 3. The molecule has 3 amide bonds. The van der Waals surface area contributed by atoms with Gasteiger partial charge in [0.05, 0.1) is 5.71 Å². The molecule has 0 radical (unpaired) electrons. The van der Waals surface area contributed by atoms with Crippen molar-refractivity contribution in [2.75, 3.05) is 35.3 Å². The number of carbonyl (C=O) groups is 2. The second-order valence-corrected chi connectivity index (χ2v) is 7.75. The number of hydrogen-bond donors (Lipinski definition) is 3. The quantitative estimate of drug-likeness (QED) is 0.398. The van der Waals surface area contributed by atoms with Crippen LogP contribution < -0.4 is 20.9 Å². The van der Waals surface area contributed by atoms with Crippen molar-refractivity contribution in [3.63, 3.8) is 0 Å². The normalized spacial score (nSPS) is 17.2. The van der Waals surface area contributed by atoms with Crippen molar-refractivity contribution in [1.29, 1.82) is 0 Å². The van der Waals surface area contributed by atoms with Gasteiger partial charge in [-0.15, -0.1) is 0 Å². The monoisotopic (exact) mass is 466 g/mol. The molecule has 1 heterocycles. The number of amides is 3. The largest absolute Gasteiger partial charge is 0.366 e. The van der Waals surface area contributed by atoms with E-state index in [0.717, 1.165) is 33.8 Å². The summed E-state index contributed by atoms with van der Waals surface area (Å²) in [6, 6.07) is 15.1. The molecule has 35 heavy (non-hydrogen) atoms. The number of rotatable bonds is 8. The molecule has 176 valence electrons. The molecule has 1 fully saturated rings. The van der Waals surface area contributed by atoms with Crippen LogP contribution in [0.4, 0.5) is 21.9 Å². The van der Waals surface area contributed by atoms with Gasteiger partial charge < -0.3 is 16.0 Å². The predicted octanol–water partition coefficient (Wildman–Crippen LogP) is 4.39. The van der Waals surface area contributed by atoms with E-state index in [1.54, 1.807) is 11.1 Å². The van der Waals surface area contributed by atoms with E-state index in [2.05, 4.69) is 34.2 Å². The van der Waals surface area contributed by atoms with Crippen LogP contribution >= 0.6 is 0 Å². The Kier molecular flexibility index (Phi) is 7.32. The summed E-state index contributed by atoms with van der Waals surface area (Å²) in [5.74, 6) is -0.273. The highest BCUT2D eigenvalue weighted by atomic mass is 16.2. The first-order chi connectivity index (χ1) is 17.1. The van der Waals surface area contributed by atoms with Crippen LogP contribution in [-0.2, 0) is 4.79 Å². The van der Waals surface area contributed by atoms with Gasteiger partial charge in [-0.1, -0.05) is 36.9 Å². The van der Waals surface area contributed by atoms with Crippen LogP contribution in [0.1, 0.15) is 5.56 Å². The number of aliphatic imine (C=N–C) groups is 2. The molecule has 0 unspecified atom stereocenters. The van der Waals surface area contributed by atoms with Crippen molar-refractivity contribution in [1.82, 2.24) is 5.32 Å². The molecule has 2 aromatic carbocycles. The van der Waals surface area contributed by atoms with Crippen molar-refractivity contribution in [3.8, 4) is 0 Å². The van der Waals surface area contributed by atoms with Gasteiger partial charge in [-0.25, -0.2) is 4.79 Å². The first-order valence-electron chi connectivity index (χ1n) is 11.1. The zero-order valence-electron chi connectivity index (χ0n) is 19.2. The Bertz CT molecular complexity index is 1270. The molecule has 4 rings (SSSR count). The minimum atomic E-state index is -0.273. The molecular weight excluding hydrogens is 440 g/mol. The Morgan fingerprint density at radius 2 is 2.00 bits per heavy atom. The van der Waals surface area contributed by atoms with Gasteiger partial charge in [0, 0.05) is 47.5 Å². The highest BCUT2D eigenvalue weighted by Crippen LogP contribution is 2.27. The maximum Gasteiger partial charge on any atom is 0.321 e. The molecule has 3 N–H and O–H groups in total. The van der Waals surface area contributed by atoms with E-state index in [1.165, 1.54) is 6.08 Å². The number of carbonyl (C=O) groups excluding carboxylic acids is 2. The number of urea groups is 1. The topological polar surface area (TPSA) is 98.2 Å². The van der Waals surface area contributed by atoms with Crippen molar-refractivity contribution >= 4 is 47.0 Å². The summed E-state index contributed by atoms with van der Waals surface area (Å²) in [6.07, 6.45) is 8.74. The van der Waals surface area contributed by atoms with Crippen LogP contribution in [0.15, 0.2) is 101 Å². The maximum atomic E-state index is 11.9. The fourth-order valence-corrected chi connectivity index (χ4v) is 3.82. The summed E-state index contributed by atoms with van der Waals surface area (Å²) >= 11 is 0. The van der Waals surface area contributed by atoms with E-state index >= 15 is 0 Å². The lowest BCUT2D eigenvalue weighted by molar-refractivity contribution is -0.111. The van der Waals surface area contributed by atoms with E-state index in [9.17, 15) is 9.59 Å². The highest BCUT2D eigenvalue weighted by molar-refractivity contribution is 6.34. The van der Waals surface area contributed by atoms with Crippen LogP contribution in [-0.4, -0.2) is 44.1 Å². The Labute approximate surface area is 204 Å². The summed E-state index contributed by atoms with van der Waals surface area (Å²) in [5, 5.41) is 8.89. The molecule has 8 nitrogen and oxygen atoms in total. The van der Waals surface area contributed by atoms with Crippen LogP contribution in [0.5, 0.6) is 0 Å². The van der Waals surface area contributed by atoms with Crippen molar-refractivity contribution in [2.24, 2.45) is 9.98 Å². The third-order valence-corrected chi connectivity index (χ3v) is 5.48. The van der Waals surface area contributed by atoms with Gasteiger partial charge in [0.15, 0.2) is 0 Å². The standard InChI is InChI=1S/C27H26N6O2/c1-3-25(34)32-22-8-4-6-19(16-22)24-9-5-7-20(17-28-2)26(24)31-18-30-21-10-12-23(13-11-21)33-15-14-29-27(33)35/h3-13,16-17,30H,1-2,14-15,18H2,(H,29,35)(H,32,34)/b20-17-,31-26+. The first kappa shape index (κ1) is 23.4. The number of nitrogens with zero attached hydrogens (tertiary/aromatic N) is 3. The summed E-state index contributed by atoms with van der Waals surface area (Å²) in [7, 11) is 0. The molecule has 8 heteroatoms. The Morgan fingerprint density at radius 3 is 2.71 bits per heavy atom. The van der Waals surface area contributed by atoms with Gasteiger partial charge in [0.25, 0.3) is 0 Å². The highest BCUT2D eigenvalue weighted by Gasteiger charge is 2.20. The lowest BCUT2D eigenvalue weighted by Crippen LogP contribution is -2.27. The SMILES string of the molecule is C=CC(=O)Nc1cccc(C2=CC=CC(=C/N=C)/C2=N\CNc2ccc(N3CCNC3=O)cc2)c1. The Balaban J connectivity index is 1.53. The third-order valence-electron chi connectivity index (χ3n) is 5.48. The maximum absolute atomic E-state index is 11.9. The van der Waals surface area contributed by atoms with Crippen LogP contribution in [0, 0.1) is 0 Å². The number of benzene rings is 2. The second kappa shape index (κ2) is 10.9. The molecule has 1 aliphatic carbocycles. The van der Waals surface area contributed by atoms with Gasteiger partial charge in [-0.05, 0) is 54.8 Å². The summed E-state index contributed by atoms with van der Waals surface area (Å²) in [6.45, 7) is 8.71. The van der Waals surface area contributed by atoms with E-state index < -0.39 is 0 Å². The molecule has 1 aliphatic heterocycles.